The van der Waals surface area contributed by atoms with Crippen molar-refractivity contribution in [3.05, 3.63) is 45.8 Å². The van der Waals surface area contributed by atoms with E-state index in [1.807, 2.05) is 31.2 Å². The van der Waals surface area contributed by atoms with Gasteiger partial charge >= 0.3 is 5.97 Å². The van der Waals surface area contributed by atoms with E-state index in [0.717, 1.165) is 36.8 Å². The van der Waals surface area contributed by atoms with Crippen molar-refractivity contribution in [3.8, 4) is 11.8 Å². The van der Waals surface area contributed by atoms with Gasteiger partial charge in [0.2, 0.25) is 0 Å². The van der Waals surface area contributed by atoms with Crippen LogP contribution in [0.1, 0.15) is 40.8 Å². The predicted octanol–water partition coefficient (Wildman–Crippen LogP) is 3.76. The largest absolute Gasteiger partial charge is 0.493 e. The van der Waals surface area contributed by atoms with Gasteiger partial charge in [-0.3, -0.25) is 9.59 Å². The number of carbonyl (C=O) groups excluding carboxylic acids is 2. The van der Waals surface area contributed by atoms with E-state index in [0.29, 0.717) is 16.3 Å². The van der Waals surface area contributed by atoms with E-state index in [1.165, 1.54) is 16.2 Å². The second-order valence-corrected chi connectivity index (χ2v) is 7.75. The van der Waals surface area contributed by atoms with Gasteiger partial charge in [-0.15, -0.1) is 11.3 Å². The van der Waals surface area contributed by atoms with Gasteiger partial charge in [0.15, 0.2) is 6.61 Å². The van der Waals surface area contributed by atoms with E-state index in [4.69, 9.17) is 9.47 Å². The zero-order valence-electron chi connectivity index (χ0n) is 15.7. The Kier molecular flexibility index (Phi) is 6.66. The van der Waals surface area contributed by atoms with Crippen molar-refractivity contribution >= 4 is 28.2 Å². The summed E-state index contributed by atoms with van der Waals surface area (Å²) in [6.45, 7) is 1.79. The molecule has 0 saturated carbocycles. The topological polar surface area (TPSA) is 88.4 Å². The van der Waals surface area contributed by atoms with Crippen molar-refractivity contribution in [2.45, 2.75) is 39.0 Å². The maximum atomic E-state index is 12.1. The first-order chi connectivity index (χ1) is 13.6. The molecule has 146 valence electrons. The number of thiophene rings is 1. The number of fused-ring (bicyclic) bond motifs is 1. The Morgan fingerprint density at radius 1 is 1.21 bits per heavy atom. The lowest BCUT2D eigenvalue weighted by atomic mass is 9.96. The van der Waals surface area contributed by atoms with Crippen molar-refractivity contribution in [1.82, 2.24) is 0 Å². The molecule has 0 bridgehead atoms. The number of aryl methyl sites for hydroxylation is 2. The highest BCUT2D eigenvalue weighted by molar-refractivity contribution is 7.16. The third-order valence-corrected chi connectivity index (χ3v) is 5.70. The van der Waals surface area contributed by atoms with Crippen molar-refractivity contribution < 1.29 is 19.1 Å². The number of nitriles is 1. The Labute approximate surface area is 168 Å². The minimum absolute atomic E-state index is 0.0535. The molecule has 7 heteroatoms. The summed E-state index contributed by atoms with van der Waals surface area (Å²) >= 11 is 1.45. The number of anilines is 1. The fourth-order valence-corrected chi connectivity index (χ4v) is 4.30. The van der Waals surface area contributed by atoms with Crippen LogP contribution in [0, 0.1) is 18.3 Å². The molecule has 3 rings (SSSR count). The van der Waals surface area contributed by atoms with Gasteiger partial charge in [0.1, 0.15) is 16.8 Å². The molecule has 1 amide bonds. The van der Waals surface area contributed by atoms with Gasteiger partial charge in [0.05, 0.1) is 18.6 Å². The average Bonchev–Trinajstić information content (AvgIpc) is 3.04. The Hall–Kier alpha value is -2.85. The molecule has 2 aromatic rings. The molecule has 0 radical (unpaired) electrons. The minimum atomic E-state index is -0.506. The van der Waals surface area contributed by atoms with E-state index < -0.39 is 11.9 Å². The summed E-state index contributed by atoms with van der Waals surface area (Å²) in [6, 6.07) is 9.71. The molecule has 1 aliphatic rings. The SMILES string of the molecule is Cc1ccc(OCCC(=O)OCC(=O)Nc2sc3c(c2C#N)CCCC3)cc1. The third-order valence-electron chi connectivity index (χ3n) is 4.50. The number of carbonyl (C=O) groups is 2. The molecule has 0 saturated heterocycles. The zero-order chi connectivity index (χ0) is 19.9. The molecule has 1 aromatic heterocycles. The van der Waals surface area contributed by atoms with Crippen LogP contribution in [0.3, 0.4) is 0 Å². The average molecular weight is 398 g/mol. The van der Waals surface area contributed by atoms with Gasteiger partial charge in [-0.25, -0.2) is 0 Å². The molecule has 1 aliphatic carbocycles. The maximum absolute atomic E-state index is 12.1. The quantitative estimate of drug-likeness (QED) is 0.718. The standard InChI is InChI=1S/C21H22N2O4S/c1-14-6-8-15(9-7-14)26-11-10-20(25)27-13-19(24)23-21-17(12-22)16-4-2-3-5-18(16)28-21/h6-9H,2-5,10-11,13H2,1H3,(H,23,24). The molecule has 0 aliphatic heterocycles. The molecule has 0 atom stereocenters. The number of ether oxygens (including phenoxy) is 2. The van der Waals surface area contributed by atoms with Crippen molar-refractivity contribution in [2.75, 3.05) is 18.5 Å². The molecule has 0 fully saturated rings. The summed E-state index contributed by atoms with van der Waals surface area (Å²) in [5.41, 5.74) is 2.73. The molecular formula is C21H22N2O4S. The van der Waals surface area contributed by atoms with Gasteiger partial charge < -0.3 is 14.8 Å². The number of amides is 1. The number of nitrogens with one attached hydrogen (secondary N) is 1. The Bertz CT molecular complexity index is 896. The van der Waals surface area contributed by atoms with E-state index in [-0.39, 0.29) is 19.6 Å². The van der Waals surface area contributed by atoms with Gasteiger partial charge in [-0.2, -0.15) is 5.26 Å². The molecule has 6 nitrogen and oxygen atoms in total. The van der Waals surface area contributed by atoms with Crippen LogP contribution < -0.4 is 10.1 Å². The summed E-state index contributed by atoms with van der Waals surface area (Å²) in [5, 5.41) is 12.7. The molecule has 0 unspecified atom stereocenters. The number of nitrogens with zero attached hydrogens (tertiary/aromatic N) is 1. The van der Waals surface area contributed by atoms with Gasteiger partial charge in [-0.05, 0) is 50.3 Å². The molecule has 1 aromatic carbocycles. The van der Waals surface area contributed by atoms with E-state index in [9.17, 15) is 14.9 Å². The highest BCUT2D eigenvalue weighted by atomic mass is 32.1. The van der Waals surface area contributed by atoms with Gasteiger partial charge in [-0.1, -0.05) is 17.7 Å². The van der Waals surface area contributed by atoms with E-state index in [2.05, 4.69) is 11.4 Å². The number of rotatable bonds is 7. The molecule has 28 heavy (non-hydrogen) atoms. The molecule has 1 heterocycles. The van der Waals surface area contributed by atoms with Crippen LogP contribution in [-0.4, -0.2) is 25.1 Å². The zero-order valence-corrected chi connectivity index (χ0v) is 16.6. The van der Waals surface area contributed by atoms with E-state index >= 15 is 0 Å². The summed E-state index contributed by atoms with van der Waals surface area (Å²) < 4.78 is 10.5. The fourth-order valence-electron chi connectivity index (χ4n) is 3.04. The highest BCUT2D eigenvalue weighted by Crippen LogP contribution is 2.37. The van der Waals surface area contributed by atoms with Crippen LogP contribution >= 0.6 is 11.3 Å². The smallest absolute Gasteiger partial charge is 0.309 e. The summed E-state index contributed by atoms with van der Waals surface area (Å²) in [7, 11) is 0. The second kappa shape index (κ2) is 9.38. The van der Waals surface area contributed by atoms with Gasteiger partial charge in [0.25, 0.3) is 5.91 Å². The lowest BCUT2D eigenvalue weighted by molar-refractivity contribution is -0.147. The van der Waals surface area contributed by atoms with Crippen LogP contribution in [0.2, 0.25) is 0 Å². The van der Waals surface area contributed by atoms with Crippen LogP contribution in [-0.2, 0) is 27.2 Å². The second-order valence-electron chi connectivity index (χ2n) is 6.65. The van der Waals surface area contributed by atoms with Crippen LogP contribution in [0.5, 0.6) is 5.75 Å². The predicted molar refractivity (Wildman–Crippen MR) is 107 cm³/mol. The number of hydrogen-bond donors (Lipinski definition) is 1. The molecule has 0 spiro atoms. The third kappa shape index (κ3) is 5.11. The summed E-state index contributed by atoms with van der Waals surface area (Å²) in [5.74, 6) is -0.266. The summed E-state index contributed by atoms with van der Waals surface area (Å²) in [6.07, 6.45) is 4.04. The first kappa shape index (κ1) is 19.9. The summed E-state index contributed by atoms with van der Waals surface area (Å²) in [4.78, 5) is 25.1. The molecular weight excluding hydrogens is 376 g/mol. The van der Waals surface area contributed by atoms with Gasteiger partial charge in [0, 0.05) is 4.88 Å². The van der Waals surface area contributed by atoms with E-state index in [1.54, 1.807) is 0 Å². The lowest BCUT2D eigenvalue weighted by Gasteiger charge is -2.09. The minimum Gasteiger partial charge on any atom is -0.493 e. The highest BCUT2D eigenvalue weighted by Gasteiger charge is 2.22. The maximum Gasteiger partial charge on any atom is 0.309 e. The normalized spacial score (nSPS) is 12.6. The Morgan fingerprint density at radius 3 is 2.71 bits per heavy atom. The lowest BCUT2D eigenvalue weighted by Crippen LogP contribution is -2.21. The first-order valence-electron chi connectivity index (χ1n) is 9.26. The first-order valence-corrected chi connectivity index (χ1v) is 10.1. The van der Waals surface area contributed by atoms with Crippen molar-refractivity contribution in [2.24, 2.45) is 0 Å². The number of benzene rings is 1. The fraction of sp³-hybridized carbons (Fsp3) is 0.381. The van der Waals surface area contributed by atoms with Crippen LogP contribution in [0.4, 0.5) is 5.00 Å². The Morgan fingerprint density at radius 2 is 1.96 bits per heavy atom. The Balaban J connectivity index is 1.43. The van der Waals surface area contributed by atoms with Crippen LogP contribution in [0.15, 0.2) is 24.3 Å². The number of hydrogen-bond acceptors (Lipinski definition) is 6. The van der Waals surface area contributed by atoms with Crippen molar-refractivity contribution in [3.63, 3.8) is 0 Å². The number of esters is 1. The van der Waals surface area contributed by atoms with Crippen molar-refractivity contribution in [1.29, 1.82) is 5.26 Å². The van der Waals surface area contributed by atoms with Crippen LogP contribution in [0.25, 0.3) is 0 Å². The monoisotopic (exact) mass is 398 g/mol. The molecule has 1 N–H and O–H groups in total.